The summed E-state index contributed by atoms with van der Waals surface area (Å²) >= 11 is 11.7. The molecule has 0 fully saturated rings. The van der Waals surface area contributed by atoms with Crippen LogP contribution in [0.4, 0.5) is 10.8 Å². The number of thiazole rings is 1. The van der Waals surface area contributed by atoms with E-state index in [0.29, 0.717) is 0 Å². The van der Waals surface area contributed by atoms with Crippen molar-refractivity contribution in [2.75, 3.05) is 17.8 Å². The first-order chi connectivity index (χ1) is 14.7. The number of hydrogen-bond acceptors (Lipinski definition) is 11. The van der Waals surface area contributed by atoms with Crippen LogP contribution in [-0.2, 0) is 24.0 Å². The molecule has 0 atom stereocenters. The molecule has 1 aromatic carbocycles. The second kappa shape index (κ2) is 12.7. The SMILES string of the molecule is Cl.O=C(CCl)Nc1nc(/C(=N/OCC(=O)OC(=O)c2ccc([N+](=O)[O-])cc2)C(=O)Cl)cs1. The van der Waals surface area contributed by atoms with Crippen molar-refractivity contribution >= 4 is 86.6 Å². The monoisotopic (exact) mass is 524 g/mol. The average molecular weight is 526 g/mol. The van der Waals surface area contributed by atoms with Crippen molar-refractivity contribution < 1.29 is 33.7 Å². The van der Waals surface area contributed by atoms with Gasteiger partial charge in [0.2, 0.25) is 12.5 Å². The normalized spacial score (nSPS) is 10.5. The van der Waals surface area contributed by atoms with Crippen LogP contribution in [0, 0.1) is 10.1 Å². The summed E-state index contributed by atoms with van der Waals surface area (Å²) in [6.45, 7) is -0.855. The van der Waals surface area contributed by atoms with Crippen LogP contribution in [0.3, 0.4) is 0 Å². The molecule has 1 N–H and O–H groups in total. The molecule has 170 valence electrons. The van der Waals surface area contributed by atoms with E-state index in [2.05, 4.69) is 20.2 Å². The Morgan fingerprint density at radius 1 is 1.22 bits per heavy atom. The fourth-order valence-electron chi connectivity index (χ4n) is 1.84. The van der Waals surface area contributed by atoms with Gasteiger partial charge in [-0.2, -0.15) is 0 Å². The van der Waals surface area contributed by atoms with Crippen LogP contribution in [0.5, 0.6) is 0 Å². The van der Waals surface area contributed by atoms with Gasteiger partial charge in [-0.25, -0.2) is 14.6 Å². The molecule has 0 saturated carbocycles. The number of nitrogens with zero attached hydrogens (tertiary/aromatic N) is 3. The number of amides is 1. The van der Waals surface area contributed by atoms with Crippen LogP contribution >= 0.6 is 46.9 Å². The van der Waals surface area contributed by atoms with E-state index >= 15 is 0 Å². The van der Waals surface area contributed by atoms with Crippen LogP contribution in [0.1, 0.15) is 16.1 Å². The molecule has 2 aromatic rings. The zero-order valence-corrected chi connectivity index (χ0v) is 18.6. The molecule has 0 saturated heterocycles. The first-order valence-electron chi connectivity index (χ1n) is 7.92. The Morgan fingerprint density at radius 2 is 1.88 bits per heavy atom. The largest absolute Gasteiger partial charge is 0.387 e. The summed E-state index contributed by atoms with van der Waals surface area (Å²) in [6, 6.07) is 4.36. The predicted molar refractivity (Wildman–Crippen MR) is 116 cm³/mol. The maximum Gasteiger partial charge on any atom is 0.354 e. The molecule has 1 aromatic heterocycles. The number of carbonyl (C=O) groups is 4. The van der Waals surface area contributed by atoms with Crippen molar-refractivity contribution in [3.63, 3.8) is 0 Å². The number of alkyl halides is 1. The van der Waals surface area contributed by atoms with Gasteiger partial charge < -0.3 is 14.9 Å². The van der Waals surface area contributed by atoms with Crippen molar-refractivity contribution in [3.8, 4) is 0 Å². The number of carbonyl (C=O) groups excluding carboxylic acids is 4. The lowest BCUT2D eigenvalue weighted by molar-refractivity contribution is -0.384. The summed E-state index contributed by atoms with van der Waals surface area (Å²) < 4.78 is 4.51. The summed E-state index contributed by atoms with van der Waals surface area (Å²) in [5, 5.41) is 16.8. The molecule has 16 heteroatoms. The van der Waals surface area contributed by atoms with Crippen LogP contribution in [-0.4, -0.2) is 51.2 Å². The zero-order chi connectivity index (χ0) is 23.0. The van der Waals surface area contributed by atoms with Gasteiger partial charge in [0, 0.05) is 17.5 Å². The Kier molecular flexibility index (Phi) is 10.6. The smallest absolute Gasteiger partial charge is 0.354 e. The van der Waals surface area contributed by atoms with E-state index in [4.69, 9.17) is 28.0 Å². The maximum absolute atomic E-state index is 11.8. The summed E-state index contributed by atoms with van der Waals surface area (Å²) in [7, 11) is 0. The number of esters is 2. The highest BCUT2D eigenvalue weighted by atomic mass is 35.5. The lowest BCUT2D eigenvalue weighted by Gasteiger charge is -2.03. The van der Waals surface area contributed by atoms with Crippen molar-refractivity contribution in [2.45, 2.75) is 0 Å². The van der Waals surface area contributed by atoms with Gasteiger partial charge in [-0.05, 0) is 23.7 Å². The standard InChI is InChI=1S/C16H10Cl2N4O8S.ClH/c17-5-11(23)20-16-19-10(7-31-16)13(14(18)25)21-29-6-12(24)30-15(26)8-1-3-9(4-2-8)22(27)28;/h1-4,7H,5-6H2,(H,19,20,23);1H/b21-13-;. The summed E-state index contributed by atoms with van der Waals surface area (Å²) in [5.41, 5.74) is -0.844. The Bertz CT molecular complexity index is 1060. The predicted octanol–water partition coefficient (Wildman–Crippen LogP) is 2.52. The molecule has 0 aliphatic heterocycles. The minimum Gasteiger partial charge on any atom is -0.387 e. The fourth-order valence-corrected chi connectivity index (χ4v) is 2.75. The van der Waals surface area contributed by atoms with Crippen LogP contribution in [0.15, 0.2) is 34.8 Å². The molecule has 0 spiro atoms. The molecular formula is C16H11Cl3N4O8S. The first-order valence-corrected chi connectivity index (χ1v) is 9.71. The lowest BCUT2D eigenvalue weighted by atomic mass is 10.2. The number of rotatable bonds is 9. The Hall–Kier alpha value is -3.13. The first kappa shape index (κ1) is 26.9. The highest BCUT2D eigenvalue weighted by Crippen LogP contribution is 2.17. The number of halogens is 3. The third-order valence-electron chi connectivity index (χ3n) is 3.16. The number of nitro groups is 1. The molecule has 0 bridgehead atoms. The highest BCUT2D eigenvalue weighted by molar-refractivity contribution is 7.14. The highest BCUT2D eigenvalue weighted by Gasteiger charge is 2.19. The molecule has 1 heterocycles. The van der Waals surface area contributed by atoms with E-state index in [9.17, 15) is 29.3 Å². The number of benzene rings is 1. The number of hydrogen-bond donors (Lipinski definition) is 1. The van der Waals surface area contributed by atoms with E-state index < -0.39 is 40.3 Å². The van der Waals surface area contributed by atoms with Gasteiger partial charge in [0.15, 0.2) is 10.8 Å². The van der Waals surface area contributed by atoms with E-state index in [1.807, 2.05) is 0 Å². The Labute approximate surface area is 199 Å². The van der Waals surface area contributed by atoms with Gasteiger partial charge in [-0.1, -0.05) is 5.16 Å². The minimum atomic E-state index is -1.15. The molecule has 1 amide bonds. The third kappa shape index (κ3) is 7.85. The minimum absolute atomic E-state index is 0. The number of nitrogens with one attached hydrogen (secondary N) is 1. The summed E-state index contributed by atoms with van der Waals surface area (Å²) in [6.07, 6.45) is 0. The lowest BCUT2D eigenvalue weighted by Crippen LogP contribution is -2.18. The summed E-state index contributed by atoms with van der Waals surface area (Å²) in [4.78, 5) is 64.9. The number of anilines is 1. The molecule has 0 unspecified atom stereocenters. The van der Waals surface area contributed by atoms with Crippen molar-refractivity contribution in [1.29, 1.82) is 0 Å². The zero-order valence-electron chi connectivity index (χ0n) is 15.5. The molecular weight excluding hydrogens is 515 g/mol. The van der Waals surface area contributed by atoms with Crippen LogP contribution in [0.25, 0.3) is 0 Å². The van der Waals surface area contributed by atoms with Crippen molar-refractivity contribution in [3.05, 3.63) is 51.0 Å². The number of nitro benzene ring substituents is 1. The topological polar surface area (TPSA) is 167 Å². The van der Waals surface area contributed by atoms with Crippen molar-refractivity contribution in [1.82, 2.24) is 4.98 Å². The van der Waals surface area contributed by atoms with Gasteiger partial charge in [-0.15, -0.1) is 35.3 Å². The second-order valence-electron chi connectivity index (χ2n) is 5.27. The quantitative estimate of drug-likeness (QED) is 0.0983. The van der Waals surface area contributed by atoms with Gasteiger partial charge in [0.05, 0.1) is 10.5 Å². The number of aromatic nitrogens is 1. The molecule has 32 heavy (non-hydrogen) atoms. The third-order valence-corrected chi connectivity index (χ3v) is 4.34. The van der Waals surface area contributed by atoms with Crippen molar-refractivity contribution in [2.24, 2.45) is 5.16 Å². The summed E-state index contributed by atoms with van der Waals surface area (Å²) in [5.74, 6) is -3.04. The molecule has 0 radical (unpaired) electrons. The molecule has 2 rings (SSSR count). The Morgan fingerprint density at radius 3 is 2.44 bits per heavy atom. The number of non-ortho nitro benzene ring substituents is 1. The van der Waals surface area contributed by atoms with Crippen LogP contribution < -0.4 is 5.32 Å². The van der Waals surface area contributed by atoms with Crippen LogP contribution in [0.2, 0.25) is 0 Å². The van der Waals surface area contributed by atoms with E-state index in [-0.39, 0.29) is 40.4 Å². The molecule has 0 aliphatic rings. The van der Waals surface area contributed by atoms with Gasteiger partial charge in [0.25, 0.3) is 10.9 Å². The van der Waals surface area contributed by atoms with Gasteiger partial charge in [0.1, 0.15) is 11.6 Å². The van der Waals surface area contributed by atoms with Gasteiger partial charge in [-0.3, -0.25) is 19.7 Å². The number of oxime groups is 1. The van der Waals surface area contributed by atoms with E-state index in [1.165, 1.54) is 5.38 Å². The van der Waals surface area contributed by atoms with Gasteiger partial charge >= 0.3 is 11.9 Å². The van der Waals surface area contributed by atoms with E-state index in [0.717, 1.165) is 35.6 Å². The second-order valence-corrected chi connectivity index (χ2v) is 6.74. The Balaban J connectivity index is 0.00000512. The van der Waals surface area contributed by atoms with E-state index in [1.54, 1.807) is 0 Å². The average Bonchev–Trinajstić information content (AvgIpc) is 3.18. The fraction of sp³-hybridized carbons (Fsp3) is 0.125. The molecule has 12 nitrogen and oxygen atoms in total. The molecule has 0 aliphatic carbocycles. The maximum atomic E-state index is 11.8. The number of ether oxygens (including phenoxy) is 1.